The van der Waals surface area contributed by atoms with E-state index in [1.54, 1.807) is 12.3 Å². The fourth-order valence-electron chi connectivity index (χ4n) is 1.41. The fraction of sp³-hybridized carbons (Fsp3) is 0.500. The monoisotopic (exact) mass is 235 g/mol. The molecule has 2 aromatic heterocycles. The first-order valence-electron chi connectivity index (χ1n) is 5.59. The van der Waals surface area contributed by atoms with Gasteiger partial charge >= 0.3 is 6.01 Å². The van der Waals surface area contributed by atoms with Crippen molar-refractivity contribution in [1.82, 2.24) is 20.7 Å². The van der Waals surface area contributed by atoms with Crippen LogP contribution in [-0.2, 0) is 13.1 Å². The van der Waals surface area contributed by atoms with Gasteiger partial charge in [-0.25, -0.2) is 0 Å². The first-order chi connectivity index (χ1) is 8.40. The van der Waals surface area contributed by atoms with Crippen molar-refractivity contribution in [2.45, 2.75) is 32.0 Å². The minimum Gasteiger partial charge on any atom is -0.407 e. The summed E-state index contributed by atoms with van der Waals surface area (Å²) < 4.78 is 10.3. The SMILES string of the molecule is c1cc(CNc2nnc(CNC3CC3)o2)on1. The van der Waals surface area contributed by atoms with E-state index in [9.17, 15) is 0 Å². The van der Waals surface area contributed by atoms with Crippen LogP contribution in [-0.4, -0.2) is 21.4 Å². The highest BCUT2D eigenvalue weighted by Crippen LogP contribution is 2.19. The number of nitrogens with one attached hydrogen (secondary N) is 2. The van der Waals surface area contributed by atoms with E-state index in [2.05, 4.69) is 26.0 Å². The molecule has 0 radical (unpaired) electrons. The third-order valence-corrected chi connectivity index (χ3v) is 2.49. The molecule has 2 heterocycles. The van der Waals surface area contributed by atoms with E-state index in [1.165, 1.54) is 12.8 Å². The Morgan fingerprint density at radius 2 is 2.24 bits per heavy atom. The van der Waals surface area contributed by atoms with Gasteiger partial charge in [-0.1, -0.05) is 10.3 Å². The normalized spacial score (nSPS) is 15.1. The van der Waals surface area contributed by atoms with Gasteiger partial charge in [0.15, 0.2) is 5.76 Å². The average Bonchev–Trinajstić information content (AvgIpc) is 2.86. The number of hydrogen-bond donors (Lipinski definition) is 2. The highest BCUT2D eigenvalue weighted by atomic mass is 16.5. The summed E-state index contributed by atoms with van der Waals surface area (Å²) in [5.74, 6) is 1.32. The number of hydrogen-bond acceptors (Lipinski definition) is 7. The smallest absolute Gasteiger partial charge is 0.315 e. The van der Waals surface area contributed by atoms with Crippen LogP contribution in [0.25, 0.3) is 0 Å². The van der Waals surface area contributed by atoms with Gasteiger partial charge in [0.25, 0.3) is 0 Å². The second kappa shape index (κ2) is 4.54. The summed E-state index contributed by atoms with van der Waals surface area (Å²) >= 11 is 0. The van der Waals surface area contributed by atoms with Crippen molar-refractivity contribution < 1.29 is 8.94 Å². The number of nitrogens with zero attached hydrogens (tertiary/aromatic N) is 3. The standard InChI is InChI=1S/C10H13N5O2/c1-2-7(1)11-6-9-14-15-10(16-9)12-5-8-3-4-13-17-8/h3-4,7,11H,1-2,5-6H2,(H,12,15). The fourth-order valence-corrected chi connectivity index (χ4v) is 1.41. The van der Waals surface area contributed by atoms with Crippen LogP contribution in [0.2, 0.25) is 0 Å². The molecule has 1 aliphatic carbocycles. The molecule has 0 saturated heterocycles. The maximum atomic E-state index is 5.40. The topological polar surface area (TPSA) is 89.0 Å². The minimum atomic E-state index is 0.397. The Kier molecular flexibility index (Phi) is 2.74. The maximum Gasteiger partial charge on any atom is 0.315 e. The van der Waals surface area contributed by atoms with Crippen molar-refractivity contribution in [3.8, 4) is 0 Å². The summed E-state index contributed by atoms with van der Waals surface area (Å²) in [5.41, 5.74) is 0. The van der Waals surface area contributed by atoms with Gasteiger partial charge in [-0.2, -0.15) is 0 Å². The molecule has 0 amide bonds. The van der Waals surface area contributed by atoms with Gasteiger partial charge in [-0.15, -0.1) is 5.10 Å². The molecule has 0 aliphatic heterocycles. The second-order valence-corrected chi connectivity index (χ2v) is 3.99. The van der Waals surface area contributed by atoms with Crippen LogP contribution in [0.1, 0.15) is 24.5 Å². The quantitative estimate of drug-likeness (QED) is 0.769. The van der Waals surface area contributed by atoms with Gasteiger partial charge in [-0.05, 0) is 12.8 Å². The number of aromatic nitrogens is 3. The molecule has 0 spiro atoms. The minimum absolute atomic E-state index is 0.397. The molecule has 2 N–H and O–H groups in total. The molecular formula is C10H13N5O2. The van der Waals surface area contributed by atoms with Gasteiger partial charge in [0.1, 0.15) is 0 Å². The van der Waals surface area contributed by atoms with Crippen LogP contribution in [0.15, 0.2) is 21.2 Å². The summed E-state index contributed by atoms with van der Waals surface area (Å²) in [7, 11) is 0. The van der Waals surface area contributed by atoms with Gasteiger partial charge in [-0.3, -0.25) is 0 Å². The molecule has 90 valence electrons. The first-order valence-corrected chi connectivity index (χ1v) is 5.59. The molecule has 0 bridgehead atoms. The summed E-state index contributed by atoms with van der Waals surface area (Å²) in [6.07, 6.45) is 4.07. The van der Waals surface area contributed by atoms with Crippen molar-refractivity contribution in [2.24, 2.45) is 0 Å². The Labute approximate surface area is 97.6 Å². The average molecular weight is 235 g/mol. The summed E-state index contributed by atoms with van der Waals surface area (Å²) in [6, 6.07) is 2.81. The lowest BCUT2D eigenvalue weighted by atomic mass is 10.5. The summed E-state index contributed by atoms with van der Waals surface area (Å²) in [5, 5.41) is 17.7. The zero-order valence-corrected chi connectivity index (χ0v) is 9.22. The third kappa shape index (κ3) is 2.82. The van der Waals surface area contributed by atoms with E-state index >= 15 is 0 Å². The molecular weight excluding hydrogens is 222 g/mol. The molecule has 7 heteroatoms. The molecule has 7 nitrogen and oxygen atoms in total. The first kappa shape index (κ1) is 10.3. The lowest BCUT2D eigenvalue weighted by Gasteiger charge is -1.97. The van der Waals surface area contributed by atoms with Crippen molar-refractivity contribution in [3.63, 3.8) is 0 Å². The van der Waals surface area contributed by atoms with Crippen molar-refractivity contribution in [1.29, 1.82) is 0 Å². The molecule has 3 rings (SSSR count). The number of rotatable bonds is 6. The summed E-state index contributed by atoms with van der Waals surface area (Å²) in [4.78, 5) is 0. The zero-order chi connectivity index (χ0) is 11.5. The summed E-state index contributed by atoms with van der Waals surface area (Å²) in [6.45, 7) is 1.11. The Balaban J connectivity index is 1.49. The molecule has 1 saturated carbocycles. The lowest BCUT2D eigenvalue weighted by molar-refractivity contribution is 0.386. The number of anilines is 1. The van der Waals surface area contributed by atoms with Crippen LogP contribution in [0.3, 0.4) is 0 Å². The highest BCUT2D eigenvalue weighted by molar-refractivity contribution is 5.18. The lowest BCUT2D eigenvalue weighted by Crippen LogP contribution is -2.15. The van der Waals surface area contributed by atoms with E-state index < -0.39 is 0 Å². The van der Waals surface area contributed by atoms with Crippen LogP contribution >= 0.6 is 0 Å². The van der Waals surface area contributed by atoms with Crippen LogP contribution < -0.4 is 10.6 Å². The molecule has 17 heavy (non-hydrogen) atoms. The molecule has 0 aromatic carbocycles. The predicted molar refractivity (Wildman–Crippen MR) is 58.0 cm³/mol. The van der Waals surface area contributed by atoms with E-state index in [4.69, 9.17) is 8.94 Å². The predicted octanol–water partition coefficient (Wildman–Crippen LogP) is 0.922. The molecule has 0 atom stereocenters. The van der Waals surface area contributed by atoms with Crippen LogP contribution in [0.4, 0.5) is 6.01 Å². The Morgan fingerprint density at radius 1 is 1.29 bits per heavy atom. The Hall–Kier alpha value is -1.89. The Bertz CT molecular complexity index is 463. The molecule has 0 unspecified atom stereocenters. The van der Waals surface area contributed by atoms with Gasteiger partial charge < -0.3 is 19.6 Å². The van der Waals surface area contributed by atoms with Gasteiger partial charge in [0.05, 0.1) is 19.3 Å². The zero-order valence-electron chi connectivity index (χ0n) is 9.22. The molecule has 1 fully saturated rings. The van der Waals surface area contributed by atoms with Crippen molar-refractivity contribution >= 4 is 6.01 Å². The van der Waals surface area contributed by atoms with Crippen LogP contribution in [0, 0.1) is 0 Å². The van der Waals surface area contributed by atoms with E-state index in [0.29, 0.717) is 31.0 Å². The van der Waals surface area contributed by atoms with Gasteiger partial charge in [0.2, 0.25) is 5.89 Å². The highest BCUT2D eigenvalue weighted by Gasteiger charge is 2.21. The largest absolute Gasteiger partial charge is 0.407 e. The van der Waals surface area contributed by atoms with E-state index in [-0.39, 0.29) is 0 Å². The van der Waals surface area contributed by atoms with Crippen molar-refractivity contribution in [3.05, 3.63) is 23.9 Å². The Morgan fingerprint density at radius 3 is 3.00 bits per heavy atom. The maximum absolute atomic E-state index is 5.40. The third-order valence-electron chi connectivity index (χ3n) is 2.49. The van der Waals surface area contributed by atoms with Crippen LogP contribution in [0.5, 0.6) is 0 Å². The molecule has 1 aliphatic rings. The van der Waals surface area contributed by atoms with E-state index in [1.807, 2.05) is 0 Å². The van der Waals surface area contributed by atoms with Gasteiger partial charge in [0, 0.05) is 12.1 Å². The van der Waals surface area contributed by atoms with E-state index in [0.717, 1.165) is 5.76 Å². The second-order valence-electron chi connectivity index (χ2n) is 3.99. The van der Waals surface area contributed by atoms with Crippen molar-refractivity contribution in [2.75, 3.05) is 5.32 Å². The molecule has 2 aromatic rings.